The van der Waals surface area contributed by atoms with Crippen molar-refractivity contribution in [1.82, 2.24) is 9.97 Å². The van der Waals surface area contributed by atoms with Crippen molar-refractivity contribution in [3.8, 4) is 0 Å². The number of aromatic nitrogens is 2. The molecule has 5 heteroatoms. The summed E-state index contributed by atoms with van der Waals surface area (Å²) in [5.41, 5.74) is 1.26. The zero-order chi connectivity index (χ0) is 14.9. The molecule has 0 atom stereocenters. The minimum absolute atomic E-state index is 0.00947. The molecular weight excluding hydrogens is 312 g/mol. The summed E-state index contributed by atoms with van der Waals surface area (Å²) in [6, 6.07) is 4.06. The quantitative estimate of drug-likeness (QED) is 0.705. The van der Waals surface area contributed by atoms with E-state index in [1.54, 1.807) is 22.7 Å². The lowest BCUT2D eigenvalue weighted by Gasteiger charge is -1.98. The van der Waals surface area contributed by atoms with Crippen LogP contribution in [0.5, 0.6) is 0 Å². The molecule has 0 amide bonds. The highest BCUT2D eigenvalue weighted by molar-refractivity contribution is 7.18. The van der Waals surface area contributed by atoms with Crippen LogP contribution in [0.3, 0.4) is 0 Å². The molecule has 112 valence electrons. The van der Waals surface area contributed by atoms with E-state index in [0.717, 1.165) is 27.9 Å². The SMILES string of the molecule is O=c1[nH]c(C=Cc2cccs2)nc2sc3c(c12)CCCCC3. The molecule has 3 heterocycles. The highest BCUT2D eigenvalue weighted by atomic mass is 32.1. The van der Waals surface area contributed by atoms with E-state index in [9.17, 15) is 4.79 Å². The number of hydrogen-bond donors (Lipinski definition) is 1. The van der Waals surface area contributed by atoms with Crippen molar-refractivity contribution in [1.29, 1.82) is 0 Å². The molecule has 1 N–H and O–H groups in total. The topological polar surface area (TPSA) is 45.8 Å². The second-order valence-electron chi connectivity index (χ2n) is 5.54. The second kappa shape index (κ2) is 5.82. The molecule has 1 aliphatic carbocycles. The summed E-state index contributed by atoms with van der Waals surface area (Å²) in [4.78, 5) is 23.5. The van der Waals surface area contributed by atoms with Gasteiger partial charge in [-0.25, -0.2) is 4.98 Å². The number of thiophene rings is 2. The lowest BCUT2D eigenvalue weighted by atomic mass is 10.1. The van der Waals surface area contributed by atoms with Crippen LogP contribution in [0.4, 0.5) is 0 Å². The molecule has 3 nitrogen and oxygen atoms in total. The van der Waals surface area contributed by atoms with Gasteiger partial charge < -0.3 is 4.98 Å². The molecule has 0 fully saturated rings. The molecular formula is C17H16N2OS2. The Bertz CT molecular complexity index is 887. The first-order valence-electron chi connectivity index (χ1n) is 7.57. The van der Waals surface area contributed by atoms with E-state index in [-0.39, 0.29) is 5.56 Å². The number of aryl methyl sites for hydroxylation is 2. The zero-order valence-corrected chi connectivity index (χ0v) is 13.7. The van der Waals surface area contributed by atoms with E-state index in [1.807, 2.05) is 29.7 Å². The van der Waals surface area contributed by atoms with E-state index in [2.05, 4.69) is 9.97 Å². The molecule has 22 heavy (non-hydrogen) atoms. The number of nitrogens with one attached hydrogen (secondary N) is 1. The van der Waals surface area contributed by atoms with Gasteiger partial charge in [-0.15, -0.1) is 22.7 Å². The van der Waals surface area contributed by atoms with Gasteiger partial charge in [0.2, 0.25) is 0 Å². The average molecular weight is 328 g/mol. The Hall–Kier alpha value is -1.72. The van der Waals surface area contributed by atoms with Crippen LogP contribution in [0.2, 0.25) is 0 Å². The maximum absolute atomic E-state index is 12.5. The highest BCUT2D eigenvalue weighted by Crippen LogP contribution is 2.32. The van der Waals surface area contributed by atoms with Crippen LogP contribution < -0.4 is 5.56 Å². The van der Waals surface area contributed by atoms with Gasteiger partial charge in [-0.2, -0.15) is 0 Å². The largest absolute Gasteiger partial charge is 0.306 e. The average Bonchev–Trinajstić information content (AvgIpc) is 3.08. The Kier molecular flexibility index (Phi) is 3.68. The number of rotatable bonds is 2. The van der Waals surface area contributed by atoms with Gasteiger partial charge in [0.25, 0.3) is 5.56 Å². The standard InChI is InChI=1S/C17H16N2OS2/c20-16-15-12-6-2-1-3-7-13(12)22-17(15)19-14(18-16)9-8-11-5-4-10-21-11/h4-5,8-10H,1-3,6-7H2,(H,18,19,20). The minimum atomic E-state index is 0.00947. The molecule has 0 spiro atoms. The van der Waals surface area contributed by atoms with Crippen molar-refractivity contribution in [2.24, 2.45) is 0 Å². The predicted octanol–water partition coefficient (Wildman–Crippen LogP) is 4.49. The van der Waals surface area contributed by atoms with Crippen LogP contribution in [-0.4, -0.2) is 9.97 Å². The molecule has 3 aromatic rings. The summed E-state index contributed by atoms with van der Waals surface area (Å²) in [7, 11) is 0. The molecule has 0 aromatic carbocycles. The summed E-state index contributed by atoms with van der Waals surface area (Å²) in [5, 5.41) is 2.87. The van der Waals surface area contributed by atoms with Gasteiger partial charge in [-0.1, -0.05) is 12.5 Å². The van der Waals surface area contributed by atoms with Gasteiger partial charge in [0.05, 0.1) is 5.39 Å². The molecule has 0 bridgehead atoms. The van der Waals surface area contributed by atoms with Crippen LogP contribution in [0, 0.1) is 0 Å². The molecule has 0 unspecified atom stereocenters. The molecule has 0 aliphatic heterocycles. The van der Waals surface area contributed by atoms with Gasteiger partial charge in [-0.05, 0) is 54.8 Å². The van der Waals surface area contributed by atoms with Crippen molar-refractivity contribution in [2.75, 3.05) is 0 Å². The minimum Gasteiger partial charge on any atom is -0.306 e. The van der Waals surface area contributed by atoms with Crippen molar-refractivity contribution < 1.29 is 0 Å². The van der Waals surface area contributed by atoms with E-state index < -0.39 is 0 Å². The first-order valence-corrected chi connectivity index (χ1v) is 9.27. The van der Waals surface area contributed by atoms with E-state index >= 15 is 0 Å². The third-order valence-electron chi connectivity index (χ3n) is 4.04. The Morgan fingerprint density at radius 3 is 2.95 bits per heavy atom. The maximum atomic E-state index is 12.5. The van der Waals surface area contributed by atoms with Crippen molar-refractivity contribution in [2.45, 2.75) is 32.1 Å². The third-order valence-corrected chi connectivity index (χ3v) is 6.07. The summed E-state index contributed by atoms with van der Waals surface area (Å²) in [6.07, 6.45) is 9.66. The third kappa shape index (κ3) is 2.55. The van der Waals surface area contributed by atoms with E-state index in [4.69, 9.17) is 0 Å². The number of aromatic amines is 1. The smallest absolute Gasteiger partial charge is 0.260 e. The number of nitrogens with zero attached hydrogens (tertiary/aromatic N) is 1. The first kappa shape index (κ1) is 13.9. The molecule has 1 aliphatic rings. The Balaban J connectivity index is 1.79. The number of fused-ring (bicyclic) bond motifs is 3. The van der Waals surface area contributed by atoms with Gasteiger partial charge >= 0.3 is 0 Å². The lowest BCUT2D eigenvalue weighted by Crippen LogP contribution is -2.10. The van der Waals surface area contributed by atoms with Crippen LogP contribution >= 0.6 is 22.7 Å². The van der Waals surface area contributed by atoms with Gasteiger partial charge in [0, 0.05) is 9.75 Å². The van der Waals surface area contributed by atoms with Crippen molar-refractivity contribution in [3.05, 3.63) is 49.0 Å². The van der Waals surface area contributed by atoms with E-state index in [1.165, 1.54) is 29.7 Å². The summed E-state index contributed by atoms with van der Waals surface area (Å²) in [6.45, 7) is 0. The molecule has 0 saturated heterocycles. The molecule has 0 radical (unpaired) electrons. The fourth-order valence-corrected chi connectivity index (χ4v) is 4.87. The van der Waals surface area contributed by atoms with Crippen molar-refractivity contribution >= 4 is 45.0 Å². The zero-order valence-electron chi connectivity index (χ0n) is 12.1. The fourth-order valence-electron chi connectivity index (χ4n) is 2.98. The van der Waals surface area contributed by atoms with Gasteiger partial charge in [-0.3, -0.25) is 4.79 Å². The summed E-state index contributed by atoms with van der Waals surface area (Å²) >= 11 is 3.37. The lowest BCUT2D eigenvalue weighted by molar-refractivity contribution is 0.713. The molecule has 4 rings (SSSR count). The second-order valence-corrected chi connectivity index (χ2v) is 7.61. The Morgan fingerprint density at radius 1 is 1.18 bits per heavy atom. The number of hydrogen-bond acceptors (Lipinski definition) is 4. The van der Waals surface area contributed by atoms with Crippen LogP contribution in [0.1, 0.15) is 40.4 Å². The Labute approximate surface area is 136 Å². The van der Waals surface area contributed by atoms with E-state index in [0.29, 0.717) is 5.82 Å². The van der Waals surface area contributed by atoms with Crippen LogP contribution in [0.25, 0.3) is 22.4 Å². The summed E-state index contributed by atoms with van der Waals surface area (Å²) in [5.74, 6) is 0.641. The van der Waals surface area contributed by atoms with Crippen LogP contribution in [-0.2, 0) is 12.8 Å². The fraction of sp³-hybridized carbons (Fsp3) is 0.294. The summed E-state index contributed by atoms with van der Waals surface area (Å²) < 4.78 is 0. The van der Waals surface area contributed by atoms with Gasteiger partial charge in [0.1, 0.15) is 10.7 Å². The van der Waals surface area contributed by atoms with Gasteiger partial charge in [0.15, 0.2) is 0 Å². The first-order chi connectivity index (χ1) is 10.8. The highest BCUT2D eigenvalue weighted by Gasteiger charge is 2.18. The monoisotopic (exact) mass is 328 g/mol. The van der Waals surface area contributed by atoms with Crippen LogP contribution in [0.15, 0.2) is 22.3 Å². The Morgan fingerprint density at radius 2 is 2.09 bits per heavy atom. The normalized spacial score (nSPS) is 15.3. The molecule has 0 saturated carbocycles. The number of H-pyrrole nitrogens is 1. The maximum Gasteiger partial charge on any atom is 0.260 e. The molecule has 3 aromatic heterocycles. The van der Waals surface area contributed by atoms with Crippen molar-refractivity contribution in [3.63, 3.8) is 0 Å². The predicted molar refractivity (Wildman–Crippen MR) is 94.7 cm³/mol.